The van der Waals surface area contributed by atoms with Crippen LogP contribution in [0.3, 0.4) is 0 Å². The molecule has 0 aliphatic carbocycles. The number of aromatic nitrogens is 3. The van der Waals surface area contributed by atoms with Crippen molar-refractivity contribution in [3.63, 3.8) is 0 Å². The fourth-order valence-electron chi connectivity index (χ4n) is 0.916. The van der Waals surface area contributed by atoms with Gasteiger partial charge in [0.05, 0.1) is 25.8 Å². The lowest BCUT2D eigenvalue weighted by Gasteiger charge is -2.06. The van der Waals surface area contributed by atoms with Crippen molar-refractivity contribution in [2.45, 2.75) is 33.0 Å². The number of nitrogens with zero attached hydrogens (tertiary/aromatic N) is 3. The molecule has 5 nitrogen and oxygen atoms in total. The molecule has 0 unspecified atom stereocenters. The van der Waals surface area contributed by atoms with Crippen LogP contribution in [0.2, 0.25) is 0 Å². The van der Waals surface area contributed by atoms with Crippen LogP contribution in [0, 0.1) is 0 Å². The van der Waals surface area contributed by atoms with Gasteiger partial charge < -0.3 is 10.5 Å². The molecule has 1 aromatic heterocycles. The first kappa shape index (κ1) is 10.1. The van der Waals surface area contributed by atoms with Crippen molar-refractivity contribution < 1.29 is 4.74 Å². The molecular weight excluding hydrogens is 168 g/mol. The SMILES string of the molecule is CC(C)OCCn1cnc(CN)n1. The molecule has 1 heterocycles. The Labute approximate surface area is 77.9 Å². The highest BCUT2D eigenvalue weighted by atomic mass is 16.5. The second-order valence-electron chi connectivity index (χ2n) is 3.05. The van der Waals surface area contributed by atoms with E-state index in [1.807, 2.05) is 13.8 Å². The van der Waals surface area contributed by atoms with E-state index in [9.17, 15) is 0 Å². The zero-order valence-electron chi connectivity index (χ0n) is 8.10. The predicted molar refractivity (Wildman–Crippen MR) is 49.0 cm³/mol. The number of hydrogen-bond donors (Lipinski definition) is 1. The van der Waals surface area contributed by atoms with Gasteiger partial charge in [-0.15, -0.1) is 0 Å². The predicted octanol–water partition coefficient (Wildman–Crippen LogP) is 0.162. The summed E-state index contributed by atoms with van der Waals surface area (Å²) in [4.78, 5) is 4.00. The summed E-state index contributed by atoms with van der Waals surface area (Å²) in [7, 11) is 0. The highest BCUT2D eigenvalue weighted by Crippen LogP contribution is 1.91. The summed E-state index contributed by atoms with van der Waals surface area (Å²) in [5.74, 6) is 0.671. The van der Waals surface area contributed by atoms with Crippen molar-refractivity contribution in [2.75, 3.05) is 6.61 Å². The lowest BCUT2D eigenvalue weighted by molar-refractivity contribution is 0.0709. The number of ether oxygens (including phenoxy) is 1. The first-order valence-electron chi connectivity index (χ1n) is 4.42. The van der Waals surface area contributed by atoms with Crippen molar-refractivity contribution in [2.24, 2.45) is 5.73 Å². The van der Waals surface area contributed by atoms with Crippen LogP contribution in [0.4, 0.5) is 0 Å². The summed E-state index contributed by atoms with van der Waals surface area (Å²) < 4.78 is 7.11. The third-order valence-corrected chi connectivity index (χ3v) is 1.54. The third-order valence-electron chi connectivity index (χ3n) is 1.54. The first-order valence-corrected chi connectivity index (χ1v) is 4.42. The van der Waals surface area contributed by atoms with E-state index in [2.05, 4.69) is 10.1 Å². The minimum absolute atomic E-state index is 0.262. The number of hydrogen-bond acceptors (Lipinski definition) is 4. The minimum atomic E-state index is 0.262. The van der Waals surface area contributed by atoms with E-state index in [0.717, 1.165) is 6.54 Å². The van der Waals surface area contributed by atoms with Crippen LogP contribution in [0.5, 0.6) is 0 Å². The molecule has 0 saturated heterocycles. The molecule has 13 heavy (non-hydrogen) atoms. The Bertz CT molecular complexity index is 246. The number of rotatable bonds is 5. The summed E-state index contributed by atoms with van der Waals surface area (Å²) in [6, 6.07) is 0. The highest BCUT2D eigenvalue weighted by Gasteiger charge is 1.98. The largest absolute Gasteiger partial charge is 0.377 e. The molecule has 5 heteroatoms. The van der Waals surface area contributed by atoms with E-state index in [1.54, 1.807) is 11.0 Å². The maximum absolute atomic E-state index is 5.37. The van der Waals surface area contributed by atoms with Crippen LogP contribution in [0.25, 0.3) is 0 Å². The normalized spacial score (nSPS) is 11.1. The topological polar surface area (TPSA) is 66.0 Å². The monoisotopic (exact) mass is 184 g/mol. The second kappa shape index (κ2) is 4.94. The molecule has 0 fully saturated rings. The van der Waals surface area contributed by atoms with Crippen molar-refractivity contribution in [3.05, 3.63) is 12.2 Å². The summed E-state index contributed by atoms with van der Waals surface area (Å²) in [5, 5.41) is 4.13. The molecule has 1 rings (SSSR count). The van der Waals surface area contributed by atoms with Gasteiger partial charge in [-0.05, 0) is 13.8 Å². The summed E-state index contributed by atoms with van der Waals surface area (Å²) in [6.07, 6.45) is 1.93. The Hall–Kier alpha value is -0.940. The van der Waals surface area contributed by atoms with Crippen LogP contribution in [-0.4, -0.2) is 27.5 Å². The van der Waals surface area contributed by atoms with E-state index in [-0.39, 0.29) is 6.10 Å². The van der Waals surface area contributed by atoms with Gasteiger partial charge in [-0.25, -0.2) is 4.98 Å². The molecule has 74 valence electrons. The Kier molecular flexibility index (Phi) is 3.85. The van der Waals surface area contributed by atoms with Crippen LogP contribution in [-0.2, 0) is 17.8 Å². The van der Waals surface area contributed by atoms with E-state index < -0.39 is 0 Å². The van der Waals surface area contributed by atoms with Gasteiger partial charge in [0.1, 0.15) is 6.33 Å². The second-order valence-corrected chi connectivity index (χ2v) is 3.05. The Balaban J connectivity index is 2.28. The average molecular weight is 184 g/mol. The van der Waals surface area contributed by atoms with E-state index in [4.69, 9.17) is 10.5 Å². The molecule has 0 radical (unpaired) electrons. The lowest BCUT2D eigenvalue weighted by Crippen LogP contribution is -2.11. The maximum atomic E-state index is 5.37. The van der Waals surface area contributed by atoms with Gasteiger partial charge in [0.25, 0.3) is 0 Å². The van der Waals surface area contributed by atoms with Gasteiger partial charge in [-0.1, -0.05) is 0 Å². The Morgan fingerprint density at radius 1 is 1.62 bits per heavy atom. The zero-order valence-corrected chi connectivity index (χ0v) is 8.10. The van der Waals surface area contributed by atoms with Crippen LogP contribution >= 0.6 is 0 Å². The van der Waals surface area contributed by atoms with Crippen LogP contribution < -0.4 is 5.73 Å². The minimum Gasteiger partial charge on any atom is -0.377 e. The van der Waals surface area contributed by atoms with E-state index >= 15 is 0 Å². The van der Waals surface area contributed by atoms with Gasteiger partial charge in [0.2, 0.25) is 0 Å². The van der Waals surface area contributed by atoms with Crippen LogP contribution in [0.1, 0.15) is 19.7 Å². The molecule has 1 aromatic rings. The molecule has 0 spiro atoms. The molecule has 0 aromatic carbocycles. The lowest BCUT2D eigenvalue weighted by atomic mass is 10.5. The molecule has 0 amide bonds. The fraction of sp³-hybridized carbons (Fsp3) is 0.750. The van der Waals surface area contributed by atoms with Gasteiger partial charge >= 0.3 is 0 Å². The number of nitrogens with two attached hydrogens (primary N) is 1. The fourth-order valence-corrected chi connectivity index (χ4v) is 0.916. The molecule has 0 bridgehead atoms. The van der Waals surface area contributed by atoms with E-state index in [1.165, 1.54) is 0 Å². The van der Waals surface area contributed by atoms with Gasteiger partial charge in [0, 0.05) is 0 Å². The van der Waals surface area contributed by atoms with Crippen LogP contribution in [0.15, 0.2) is 6.33 Å². The maximum Gasteiger partial charge on any atom is 0.164 e. The average Bonchev–Trinajstić information content (AvgIpc) is 2.52. The third kappa shape index (κ3) is 3.52. The Morgan fingerprint density at radius 3 is 2.92 bits per heavy atom. The van der Waals surface area contributed by atoms with Gasteiger partial charge in [-0.3, -0.25) is 4.68 Å². The van der Waals surface area contributed by atoms with Gasteiger partial charge in [-0.2, -0.15) is 5.10 Å². The molecule has 0 aliphatic heterocycles. The molecule has 0 aliphatic rings. The molecular formula is C8H16N4O. The van der Waals surface area contributed by atoms with Crippen molar-refractivity contribution in [1.29, 1.82) is 0 Å². The molecule has 2 N–H and O–H groups in total. The molecule has 0 saturated carbocycles. The molecule has 0 atom stereocenters. The summed E-state index contributed by atoms with van der Waals surface area (Å²) in [5.41, 5.74) is 5.37. The zero-order chi connectivity index (χ0) is 9.68. The van der Waals surface area contributed by atoms with Crippen molar-refractivity contribution >= 4 is 0 Å². The summed E-state index contributed by atoms with van der Waals surface area (Å²) in [6.45, 7) is 5.79. The standard InChI is InChI=1S/C8H16N4O/c1-7(2)13-4-3-12-6-10-8(5-9)11-12/h6-7H,3-5,9H2,1-2H3. The van der Waals surface area contributed by atoms with Crippen molar-refractivity contribution in [3.8, 4) is 0 Å². The quantitative estimate of drug-likeness (QED) is 0.708. The smallest absolute Gasteiger partial charge is 0.164 e. The Morgan fingerprint density at radius 2 is 2.38 bits per heavy atom. The summed E-state index contributed by atoms with van der Waals surface area (Å²) >= 11 is 0. The van der Waals surface area contributed by atoms with Gasteiger partial charge in [0.15, 0.2) is 5.82 Å². The van der Waals surface area contributed by atoms with Crippen molar-refractivity contribution in [1.82, 2.24) is 14.8 Å². The van der Waals surface area contributed by atoms with E-state index in [0.29, 0.717) is 19.0 Å². The highest BCUT2D eigenvalue weighted by molar-refractivity contribution is 4.78. The first-order chi connectivity index (χ1) is 6.22.